The van der Waals surface area contributed by atoms with Crippen molar-refractivity contribution in [1.82, 2.24) is 4.98 Å². The van der Waals surface area contributed by atoms with Crippen LogP contribution in [0.4, 0.5) is 17.2 Å². The predicted octanol–water partition coefficient (Wildman–Crippen LogP) is 3.05. The van der Waals surface area contributed by atoms with Crippen molar-refractivity contribution in [2.24, 2.45) is 0 Å². The number of anilines is 2. The predicted molar refractivity (Wildman–Crippen MR) is 77.0 cm³/mol. The third-order valence-corrected chi connectivity index (χ3v) is 2.93. The summed E-state index contributed by atoms with van der Waals surface area (Å²) in [6.45, 7) is 3.39. The molecule has 0 unspecified atom stereocenters. The Bertz CT molecular complexity index is 728. The topological polar surface area (TPSA) is 105 Å². The molecule has 7 heteroatoms. The molecule has 1 aromatic heterocycles. The van der Waals surface area contributed by atoms with E-state index in [-0.39, 0.29) is 17.1 Å². The van der Waals surface area contributed by atoms with Crippen LogP contribution in [0.3, 0.4) is 0 Å². The summed E-state index contributed by atoms with van der Waals surface area (Å²) in [6, 6.07) is 7.54. The summed E-state index contributed by atoms with van der Waals surface area (Å²) in [5.41, 5.74) is 1.79. The van der Waals surface area contributed by atoms with Gasteiger partial charge in [0.1, 0.15) is 0 Å². The lowest BCUT2D eigenvalue weighted by atomic mass is 10.1. The van der Waals surface area contributed by atoms with E-state index in [0.717, 1.165) is 0 Å². The quantitative estimate of drug-likeness (QED) is 0.661. The number of aromatic carboxylic acids is 1. The highest BCUT2D eigenvalue weighted by molar-refractivity contribution is 5.90. The fourth-order valence-corrected chi connectivity index (χ4v) is 1.91. The van der Waals surface area contributed by atoms with Gasteiger partial charge in [-0.2, -0.15) is 0 Å². The van der Waals surface area contributed by atoms with Crippen molar-refractivity contribution >= 4 is 23.2 Å². The van der Waals surface area contributed by atoms with Crippen molar-refractivity contribution in [1.29, 1.82) is 0 Å². The first-order valence-electron chi connectivity index (χ1n) is 6.11. The van der Waals surface area contributed by atoms with Crippen LogP contribution in [-0.2, 0) is 0 Å². The zero-order valence-corrected chi connectivity index (χ0v) is 11.5. The van der Waals surface area contributed by atoms with Crippen LogP contribution in [0.1, 0.15) is 21.6 Å². The van der Waals surface area contributed by atoms with Gasteiger partial charge in [-0.25, -0.2) is 9.78 Å². The molecule has 0 fully saturated rings. The molecule has 0 aliphatic rings. The second-order valence-electron chi connectivity index (χ2n) is 4.54. The van der Waals surface area contributed by atoms with Gasteiger partial charge in [-0.1, -0.05) is 0 Å². The number of hydrogen-bond donors (Lipinski definition) is 2. The number of aromatic nitrogens is 1. The van der Waals surface area contributed by atoms with Crippen molar-refractivity contribution in [2.45, 2.75) is 13.8 Å². The highest BCUT2D eigenvalue weighted by Crippen LogP contribution is 2.26. The van der Waals surface area contributed by atoms with Crippen LogP contribution in [0.2, 0.25) is 0 Å². The summed E-state index contributed by atoms with van der Waals surface area (Å²) in [5.74, 6) is -0.888. The number of carboxylic acids is 1. The average molecular weight is 287 g/mol. The van der Waals surface area contributed by atoms with Crippen LogP contribution in [0.15, 0.2) is 30.3 Å². The fraction of sp³-hybridized carbons (Fsp3) is 0.143. The highest BCUT2D eigenvalue weighted by Gasteiger charge is 2.16. The third-order valence-electron chi connectivity index (χ3n) is 2.93. The molecular weight excluding hydrogens is 274 g/mol. The van der Waals surface area contributed by atoms with Gasteiger partial charge >= 0.3 is 11.7 Å². The van der Waals surface area contributed by atoms with Crippen molar-refractivity contribution in [3.63, 3.8) is 0 Å². The minimum Gasteiger partial charge on any atom is -0.478 e. The summed E-state index contributed by atoms with van der Waals surface area (Å²) >= 11 is 0. The van der Waals surface area contributed by atoms with Crippen molar-refractivity contribution < 1.29 is 14.8 Å². The van der Waals surface area contributed by atoms with E-state index in [0.29, 0.717) is 16.9 Å². The maximum absolute atomic E-state index is 11.0. The second kappa shape index (κ2) is 5.58. The van der Waals surface area contributed by atoms with Crippen LogP contribution < -0.4 is 5.32 Å². The molecule has 2 rings (SSSR count). The summed E-state index contributed by atoms with van der Waals surface area (Å²) < 4.78 is 0. The molecular formula is C14H13N3O4. The monoisotopic (exact) mass is 287 g/mol. The number of carboxylic acid groups (broad SMARTS) is 1. The largest absolute Gasteiger partial charge is 0.478 e. The van der Waals surface area contributed by atoms with Crippen LogP contribution in [0.5, 0.6) is 0 Å². The summed E-state index contributed by atoms with van der Waals surface area (Å²) in [4.78, 5) is 25.5. The Balaban J connectivity index is 2.38. The van der Waals surface area contributed by atoms with Gasteiger partial charge < -0.3 is 10.4 Å². The Labute approximate surface area is 120 Å². The number of carbonyl (C=O) groups is 1. The lowest BCUT2D eigenvalue weighted by Crippen LogP contribution is -2.03. The van der Waals surface area contributed by atoms with E-state index in [1.807, 2.05) is 0 Å². The summed E-state index contributed by atoms with van der Waals surface area (Å²) in [7, 11) is 0. The SMILES string of the molecule is Cc1ccc([N+](=O)[O-])c(Nc2ccc(C(=O)O)c(C)c2)n1. The van der Waals surface area contributed by atoms with E-state index in [4.69, 9.17) is 5.11 Å². The van der Waals surface area contributed by atoms with Crippen LogP contribution in [-0.4, -0.2) is 21.0 Å². The van der Waals surface area contributed by atoms with E-state index >= 15 is 0 Å². The van der Waals surface area contributed by atoms with Gasteiger partial charge in [0, 0.05) is 17.4 Å². The minimum absolute atomic E-state index is 0.127. The minimum atomic E-state index is -1.02. The van der Waals surface area contributed by atoms with Crippen LogP contribution >= 0.6 is 0 Å². The van der Waals surface area contributed by atoms with E-state index in [1.165, 1.54) is 12.1 Å². The molecule has 2 N–H and O–H groups in total. The Kier molecular flexibility index (Phi) is 3.84. The third kappa shape index (κ3) is 3.14. The molecule has 1 heterocycles. The summed E-state index contributed by atoms with van der Waals surface area (Å²) in [5, 5.41) is 22.8. The van der Waals surface area contributed by atoms with Crippen molar-refractivity contribution in [3.05, 3.63) is 57.3 Å². The van der Waals surface area contributed by atoms with Gasteiger partial charge in [-0.3, -0.25) is 10.1 Å². The first-order chi connectivity index (χ1) is 9.88. The molecule has 2 aromatic rings. The van der Waals surface area contributed by atoms with Gasteiger partial charge in [0.15, 0.2) is 0 Å². The zero-order chi connectivity index (χ0) is 15.6. The number of benzene rings is 1. The maximum Gasteiger partial charge on any atom is 0.335 e. The van der Waals surface area contributed by atoms with Gasteiger partial charge in [-0.15, -0.1) is 0 Å². The van der Waals surface area contributed by atoms with Crippen molar-refractivity contribution in [2.75, 3.05) is 5.32 Å². The van der Waals surface area contributed by atoms with Crippen LogP contribution in [0, 0.1) is 24.0 Å². The zero-order valence-electron chi connectivity index (χ0n) is 11.5. The first-order valence-corrected chi connectivity index (χ1v) is 6.11. The van der Waals surface area contributed by atoms with E-state index in [9.17, 15) is 14.9 Å². The fourth-order valence-electron chi connectivity index (χ4n) is 1.91. The van der Waals surface area contributed by atoms with E-state index in [1.54, 1.807) is 32.0 Å². The van der Waals surface area contributed by atoms with Gasteiger partial charge in [-0.05, 0) is 43.7 Å². The molecule has 0 spiro atoms. The number of hydrogen-bond acceptors (Lipinski definition) is 5. The molecule has 7 nitrogen and oxygen atoms in total. The molecule has 108 valence electrons. The molecule has 0 aliphatic carbocycles. The lowest BCUT2D eigenvalue weighted by Gasteiger charge is -2.09. The van der Waals surface area contributed by atoms with E-state index < -0.39 is 10.9 Å². The van der Waals surface area contributed by atoms with Gasteiger partial charge in [0.2, 0.25) is 5.82 Å². The smallest absolute Gasteiger partial charge is 0.335 e. The molecule has 0 amide bonds. The Morgan fingerprint density at radius 2 is 2.00 bits per heavy atom. The number of nitrogens with one attached hydrogen (secondary N) is 1. The Hall–Kier alpha value is -2.96. The van der Waals surface area contributed by atoms with Crippen molar-refractivity contribution in [3.8, 4) is 0 Å². The summed E-state index contributed by atoms with van der Waals surface area (Å²) in [6.07, 6.45) is 0. The molecule has 21 heavy (non-hydrogen) atoms. The molecule has 0 atom stereocenters. The number of aryl methyl sites for hydroxylation is 2. The molecule has 0 saturated carbocycles. The normalized spacial score (nSPS) is 10.2. The van der Waals surface area contributed by atoms with Crippen LogP contribution in [0.25, 0.3) is 0 Å². The first kappa shape index (κ1) is 14.4. The Morgan fingerprint density at radius 1 is 1.29 bits per heavy atom. The molecule has 0 aliphatic heterocycles. The Morgan fingerprint density at radius 3 is 2.57 bits per heavy atom. The van der Waals surface area contributed by atoms with E-state index in [2.05, 4.69) is 10.3 Å². The molecule has 0 saturated heterocycles. The molecule has 1 aromatic carbocycles. The maximum atomic E-state index is 11.0. The molecule has 0 bridgehead atoms. The standard InChI is InChI=1S/C14H13N3O4/c1-8-7-10(4-5-11(8)14(18)19)16-13-12(17(20)21)6-3-9(2)15-13/h3-7H,1-2H3,(H,15,16)(H,18,19). The number of nitro groups is 1. The van der Waals surface area contributed by atoms with Gasteiger partial charge in [0.05, 0.1) is 10.5 Å². The van der Waals surface area contributed by atoms with Gasteiger partial charge in [0.25, 0.3) is 0 Å². The number of rotatable bonds is 4. The number of nitrogens with zero attached hydrogens (tertiary/aromatic N) is 2. The lowest BCUT2D eigenvalue weighted by molar-refractivity contribution is -0.384. The molecule has 0 radical (unpaired) electrons. The average Bonchev–Trinajstić information content (AvgIpc) is 2.37. The second-order valence-corrected chi connectivity index (χ2v) is 4.54. The number of pyridine rings is 1. The highest BCUT2D eigenvalue weighted by atomic mass is 16.6.